The number of nitrogens with two attached hydrogens (primary N) is 1. The van der Waals surface area contributed by atoms with Gasteiger partial charge in [0.1, 0.15) is 0 Å². The predicted molar refractivity (Wildman–Crippen MR) is 241 cm³/mol. The van der Waals surface area contributed by atoms with Crippen LogP contribution >= 0.6 is 10.5 Å². The minimum atomic E-state index is -0.155. The summed E-state index contributed by atoms with van der Waals surface area (Å²) in [5.41, 5.74) is 22.7. The number of allylic oxidation sites excluding steroid dienone is 5. The van der Waals surface area contributed by atoms with Crippen molar-refractivity contribution in [3.05, 3.63) is 106 Å². The minimum Gasteiger partial charge on any atom is -0.398 e. The van der Waals surface area contributed by atoms with Gasteiger partial charge in [-0.3, -0.25) is 0 Å². The number of rotatable bonds is 15. The summed E-state index contributed by atoms with van der Waals surface area (Å²) in [6.07, 6.45) is 19.8. The molecule has 0 fully saturated rings. The van der Waals surface area contributed by atoms with Crippen LogP contribution in [0.1, 0.15) is 187 Å². The van der Waals surface area contributed by atoms with Crippen LogP contribution in [-0.2, 0) is 10.8 Å². The highest BCUT2D eigenvalue weighted by Crippen LogP contribution is 2.57. The maximum absolute atomic E-state index is 7.21. The summed E-state index contributed by atoms with van der Waals surface area (Å²) in [6.45, 7) is 27.6. The van der Waals surface area contributed by atoms with Gasteiger partial charge in [-0.2, -0.15) is 0 Å². The molecule has 0 amide bonds. The second kappa shape index (κ2) is 16.7. The first kappa shape index (κ1) is 41.1. The van der Waals surface area contributed by atoms with Crippen LogP contribution in [0.25, 0.3) is 21.6 Å². The van der Waals surface area contributed by atoms with Gasteiger partial charge < -0.3 is 5.73 Å². The fraction of sp³-hybridized carbons (Fsp3) is 0.510. The Morgan fingerprint density at radius 2 is 1.36 bits per heavy atom. The molecule has 1 nitrogen and oxygen atoms in total. The zero-order valence-electron chi connectivity index (χ0n) is 35.6. The van der Waals surface area contributed by atoms with Gasteiger partial charge in [0.15, 0.2) is 0 Å². The van der Waals surface area contributed by atoms with E-state index in [2.05, 4.69) is 155 Å². The maximum Gasteiger partial charge on any atom is 0.0492 e. The van der Waals surface area contributed by atoms with Gasteiger partial charge in [-0.1, -0.05) is 175 Å². The summed E-state index contributed by atoms with van der Waals surface area (Å²) in [4.78, 5) is 2.70. The van der Waals surface area contributed by atoms with Crippen LogP contribution in [0.2, 0.25) is 0 Å². The van der Waals surface area contributed by atoms with Gasteiger partial charge in [0.25, 0.3) is 0 Å². The molecule has 286 valence electrons. The van der Waals surface area contributed by atoms with E-state index in [0.29, 0.717) is 5.92 Å². The number of unbranched alkanes of at least 4 members (excludes halogenated alkanes) is 6. The second-order valence-corrected chi connectivity index (χ2v) is 20.3. The van der Waals surface area contributed by atoms with Crippen molar-refractivity contribution in [2.75, 3.05) is 5.73 Å². The van der Waals surface area contributed by atoms with Crippen LogP contribution in [0, 0.1) is 5.41 Å². The van der Waals surface area contributed by atoms with Crippen LogP contribution < -0.4 is 5.73 Å². The molecule has 5 rings (SSSR count). The third-order valence-electron chi connectivity index (χ3n) is 12.3. The standard InChI is InChI=1S/C51H71NS/c1-13-15-17-19-30-51(31-20-18-16-14-2)43-33-38(23-25-41(43)42-26-24-39(34-44(42)51)50(10,11)12)45-29-32-53(45)46-28-27-40(47(35(3)4)48(46)52)36(5)21-22-37(6)49(7,8)9/h21-29,32-35H,13-20,30-31,52H2,1-12H3/b36-21+,37-22+. The van der Waals surface area contributed by atoms with E-state index in [9.17, 15) is 0 Å². The lowest BCUT2D eigenvalue weighted by Gasteiger charge is -2.34. The molecule has 53 heavy (non-hydrogen) atoms. The molecular weight excluding hydrogens is 659 g/mol. The molecule has 0 aromatic heterocycles. The van der Waals surface area contributed by atoms with Crippen LogP contribution in [0.3, 0.4) is 0 Å². The first-order chi connectivity index (χ1) is 25.0. The van der Waals surface area contributed by atoms with Gasteiger partial charge in [-0.05, 0) is 117 Å². The number of nitrogen functional groups attached to an aromatic ring is 1. The summed E-state index contributed by atoms with van der Waals surface area (Å²) in [5.74, 6) is 0.329. The highest BCUT2D eigenvalue weighted by atomic mass is 32.2. The average molecular weight is 730 g/mol. The summed E-state index contributed by atoms with van der Waals surface area (Å²) >= 11 is 0. The number of fused-ring (bicyclic) bond motifs is 3. The molecule has 1 atom stereocenters. The predicted octanol–water partition coefficient (Wildman–Crippen LogP) is 15.8. The average Bonchev–Trinajstić information content (AvgIpc) is 3.35. The molecule has 0 spiro atoms. The van der Waals surface area contributed by atoms with Crippen LogP contribution in [0.4, 0.5) is 5.69 Å². The van der Waals surface area contributed by atoms with Gasteiger partial charge in [-0.15, -0.1) is 10.5 Å². The normalized spacial score (nSPS) is 17.0. The molecule has 3 aromatic carbocycles. The van der Waals surface area contributed by atoms with E-state index in [0.717, 1.165) is 5.69 Å². The van der Waals surface area contributed by atoms with Crippen LogP contribution in [-0.4, -0.2) is 5.37 Å². The first-order valence-corrected chi connectivity index (χ1v) is 22.2. The Morgan fingerprint density at radius 3 is 1.89 bits per heavy atom. The molecule has 2 N–H and O–H groups in total. The van der Waals surface area contributed by atoms with E-state index in [1.54, 1.807) is 11.1 Å². The summed E-state index contributed by atoms with van der Waals surface area (Å²) in [7, 11) is -0.155. The third-order valence-corrected chi connectivity index (χ3v) is 14.4. The Morgan fingerprint density at radius 1 is 0.755 bits per heavy atom. The van der Waals surface area contributed by atoms with Crippen molar-refractivity contribution in [1.29, 1.82) is 0 Å². The summed E-state index contributed by atoms with van der Waals surface area (Å²) < 4.78 is 0. The van der Waals surface area contributed by atoms with E-state index in [4.69, 9.17) is 5.73 Å². The fourth-order valence-corrected chi connectivity index (χ4v) is 10.2. The molecule has 2 aliphatic rings. The lowest BCUT2D eigenvalue weighted by molar-refractivity contribution is 0.400. The maximum atomic E-state index is 7.21. The number of hydrogen-bond donors (Lipinski definition) is 1. The first-order valence-electron chi connectivity index (χ1n) is 20.9. The highest BCUT2D eigenvalue weighted by Gasteiger charge is 2.43. The molecule has 1 aliphatic heterocycles. The number of hydrogen-bond acceptors (Lipinski definition) is 1. The molecule has 1 heterocycles. The number of benzene rings is 3. The molecule has 0 saturated carbocycles. The lowest BCUT2D eigenvalue weighted by atomic mass is 9.69. The molecule has 1 aliphatic carbocycles. The summed E-state index contributed by atoms with van der Waals surface area (Å²) in [6, 6.07) is 19.6. The van der Waals surface area contributed by atoms with Gasteiger partial charge in [0.2, 0.25) is 0 Å². The largest absolute Gasteiger partial charge is 0.398 e. The van der Waals surface area contributed by atoms with Crippen LogP contribution in [0.5, 0.6) is 0 Å². The Labute approximate surface area is 327 Å². The van der Waals surface area contributed by atoms with Crippen LogP contribution in [0.15, 0.2) is 77.2 Å². The van der Waals surface area contributed by atoms with Gasteiger partial charge in [0, 0.05) is 20.9 Å². The topological polar surface area (TPSA) is 26.0 Å². The van der Waals surface area contributed by atoms with Crippen molar-refractivity contribution in [3.63, 3.8) is 0 Å². The third kappa shape index (κ3) is 8.59. The zero-order chi connectivity index (χ0) is 38.7. The molecule has 0 bridgehead atoms. The van der Waals surface area contributed by atoms with E-state index < -0.39 is 0 Å². The van der Waals surface area contributed by atoms with Crippen molar-refractivity contribution in [3.8, 4) is 11.1 Å². The Balaban J connectivity index is 1.57. The molecule has 3 aromatic rings. The van der Waals surface area contributed by atoms with Crippen molar-refractivity contribution in [1.82, 2.24) is 0 Å². The monoisotopic (exact) mass is 730 g/mol. The van der Waals surface area contributed by atoms with Crippen molar-refractivity contribution >= 4 is 32.0 Å². The molecule has 0 saturated heterocycles. The molecule has 2 heteroatoms. The number of anilines is 1. The van der Waals surface area contributed by atoms with Gasteiger partial charge in [0.05, 0.1) is 0 Å². The molecule has 1 unspecified atom stereocenters. The van der Waals surface area contributed by atoms with E-state index >= 15 is 0 Å². The van der Waals surface area contributed by atoms with Gasteiger partial charge >= 0.3 is 0 Å². The zero-order valence-corrected chi connectivity index (χ0v) is 36.4. The smallest absolute Gasteiger partial charge is 0.0492 e. The Bertz CT molecular complexity index is 1900. The molecule has 0 radical (unpaired) electrons. The highest BCUT2D eigenvalue weighted by molar-refractivity contribution is 8.24. The SMILES string of the molecule is CCCCCCC1(CCCCCC)c2cc(C3=CC=S3c3ccc(/C(C)=C/C=C(\C)C(C)(C)C)c(C(C)C)c3N)ccc2-c2ccc(C(C)(C)C)cc21. The van der Waals surface area contributed by atoms with E-state index in [-0.39, 0.29) is 26.7 Å². The van der Waals surface area contributed by atoms with Crippen molar-refractivity contribution in [2.24, 2.45) is 5.41 Å². The van der Waals surface area contributed by atoms with Gasteiger partial charge in [-0.25, -0.2) is 0 Å². The Hall–Kier alpha value is -3.10. The summed E-state index contributed by atoms with van der Waals surface area (Å²) in [5, 5.41) is 2.39. The van der Waals surface area contributed by atoms with E-state index in [1.165, 1.54) is 119 Å². The second-order valence-electron chi connectivity index (χ2n) is 18.5. The van der Waals surface area contributed by atoms with E-state index in [1.807, 2.05) is 0 Å². The quantitative estimate of drug-likeness (QED) is 0.0717. The molecular formula is C51H71NS. The lowest BCUT2D eigenvalue weighted by Crippen LogP contribution is -2.26. The van der Waals surface area contributed by atoms with Crippen molar-refractivity contribution < 1.29 is 0 Å². The minimum absolute atomic E-state index is 0.0607. The fourth-order valence-electron chi connectivity index (χ4n) is 8.47. The Kier molecular flexibility index (Phi) is 13.0. The van der Waals surface area contributed by atoms with Crippen molar-refractivity contribution in [2.45, 2.75) is 169 Å².